The predicted molar refractivity (Wildman–Crippen MR) is 75.5 cm³/mol. The fourth-order valence-corrected chi connectivity index (χ4v) is 3.21. The Morgan fingerprint density at radius 3 is 2.42 bits per heavy atom. The van der Waals surface area contributed by atoms with Crippen molar-refractivity contribution in [1.29, 1.82) is 5.26 Å². The first-order chi connectivity index (χ1) is 9.20. The van der Waals surface area contributed by atoms with Gasteiger partial charge in [-0.3, -0.25) is 4.79 Å². The summed E-state index contributed by atoms with van der Waals surface area (Å²) in [6.07, 6.45) is 4.86. The van der Waals surface area contributed by atoms with Crippen molar-refractivity contribution in [3.8, 4) is 6.07 Å². The van der Waals surface area contributed by atoms with Crippen LogP contribution in [0.15, 0.2) is 30.3 Å². The Morgan fingerprint density at radius 1 is 1.26 bits per heavy atom. The largest absolute Gasteiger partial charge is 0.300 e. The van der Waals surface area contributed by atoms with Gasteiger partial charge in [-0.25, -0.2) is 0 Å². The third-order valence-electron chi connectivity index (χ3n) is 4.29. The number of Topliss-reactive ketones (excluding diaryl/α,β-unsaturated/α-hetero) is 1. The molecule has 2 nitrogen and oxygen atoms in total. The first-order valence-electron chi connectivity index (χ1n) is 7.14. The van der Waals surface area contributed by atoms with E-state index in [0.29, 0.717) is 18.3 Å². The first kappa shape index (κ1) is 13.8. The molecule has 0 N–H and O–H groups in total. The van der Waals surface area contributed by atoms with Crippen LogP contribution in [0.4, 0.5) is 0 Å². The van der Waals surface area contributed by atoms with Gasteiger partial charge in [0.1, 0.15) is 5.78 Å². The molecule has 0 radical (unpaired) electrons. The van der Waals surface area contributed by atoms with Crippen molar-refractivity contribution in [2.24, 2.45) is 11.8 Å². The zero-order valence-corrected chi connectivity index (χ0v) is 11.5. The minimum atomic E-state index is -0.0748. The quantitative estimate of drug-likeness (QED) is 0.813. The number of nitriles is 1. The second kappa shape index (κ2) is 6.52. The summed E-state index contributed by atoms with van der Waals surface area (Å²) in [5.74, 6) is 1.11. The van der Waals surface area contributed by atoms with Crippen molar-refractivity contribution in [3.63, 3.8) is 0 Å². The molecule has 0 aliphatic heterocycles. The molecule has 0 heterocycles. The lowest BCUT2D eigenvalue weighted by Crippen LogP contribution is -2.21. The number of benzene rings is 1. The first-order valence-corrected chi connectivity index (χ1v) is 7.14. The fraction of sp³-hybridized carbons (Fsp3) is 0.529. The van der Waals surface area contributed by atoms with Gasteiger partial charge in [0.15, 0.2) is 0 Å². The lowest BCUT2D eigenvalue weighted by Gasteiger charge is -2.31. The molecule has 100 valence electrons. The van der Waals surface area contributed by atoms with Crippen molar-refractivity contribution in [3.05, 3.63) is 35.9 Å². The predicted octanol–water partition coefficient (Wildman–Crippen LogP) is 4.08. The molecule has 1 unspecified atom stereocenters. The van der Waals surface area contributed by atoms with E-state index in [1.807, 2.05) is 6.07 Å². The zero-order chi connectivity index (χ0) is 13.7. The average molecular weight is 255 g/mol. The molecule has 0 saturated heterocycles. The van der Waals surface area contributed by atoms with E-state index in [-0.39, 0.29) is 11.7 Å². The lowest BCUT2D eigenvalue weighted by atomic mass is 9.73. The highest BCUT2D eigenvalue weighted by molar-refractivity contribution is 5.76. The maximum atomic E-state index is 11.2. The molecule has 1 aliphatic rings. The van der Waals surface area contributed by atoms with E-state index in [0.717, 1.165) is 25.7 Å². The van der Waals surface area contributed by atoms with E-state index in [4.69, 9.17) is 0 Å². The highest BCUT2D eigenvalue weighted by Crippen LogP contribution is 2.39. The zero-order valence-electron chi connectivity index (χ0n) is 11.5. The number of hydrogen-bond acceptors (Lipinski definition) is 2. The van der Waals surface area contributed by atoms with Crippen LogP contribution in [0.25, 0.3) is 0 Å². The van der Waals surface area contributed by atoms with Crippen LogP contribution in [0.3, 0.4) is 0 Å². The van der Waals surface area contributed by atoms with E-state index in [1.54, 1.807) is 6.92 Å². The molecule has 0 bridgehead atoms. The molecule has 1 aliphatic carbocycles. The molecule has 1 fully saturated rings. The van der Waals surface area contributed by atoms with Gasteiger partial charge in [0.25, 0.3) is 0 Å². The van der Waals surface area contributed by atoms with Gasteiger partial charge in [-0.2, -0.15) is 5.26 Å². The number of hydrogen-bond donors (Lipinski definition) is 0. The van der Waals surface area contributed by atoms with E-state index in [1.165, 1.54) is 5.56 Å². The maximum absolute atomic E-state index is 11.2. The van der Waals surface area contributed by atoms with Crippen LogP contribution in [0.5, 0.6) is 0 Å². The Bertz CT molecular complexity index is 452. The monoisotopic (exact) mass is 255 g/mol. The van der Waals surface area contributed by atoms with E-state index >= 15 is 0 Å². The number of nitrogens with zero attached hydrogens (tertiary/aromatic N) is 1. The molecular formula is C17H21NO. The fourth-order valence-electron chi connectivity index (χ4n) is 3.21. The summed E-state index contributed by atoms with van der Waals surface area (Å²) in [5, 5.41) is 9.21. The smallest absolute Gasteiger partial charge is 0.131 e. The minimum absolute atomic E-state index is 0.0748. The molecule has 1 aromatic carbocycles. The van der Waals surface area contributed by atoms with Crippen molar-refractivity contribution in [2.75, 3.05) is 0 Å². The number of carbonyl (C=O) groups excluding carboxylic acids is 1. The molecule has 2 rings (SSSR count). The van der Waals surface area contributed by atoms with Gasteiger partial charge >= 0.3 is 0 Å². The van der Waals surface area contributed by atoms with Crippen LogP contribution in [0, 0.1) is 23.2 Å². The Labute approximate surface area is 115 Å². The highest BCUT2D eigenvalue weighted by atomic mass is 16.1. The van der Waals surface area contributed by atoms with Crippen molar-refractivity contribution in [2.45, 2.75) is 44.9 Å². The molecule has 19 heavy (non-hydrogen) atoms. The van der Waals surface area contributed by atoms with Gasteiger partial charge < -0.3 is 0 Å². The molecule has 1 saturated carbocycles. The van der Waals surface area contributed by atoms with E-state index in [2.05, 4.69) is 30.3 Å². The Morgan fingerprint density at radius 2 is 1.89 bits per heavy atom. The summed E-state index contributed by atoms with van der Waals surface area (Å²) in [7, 11) is 0. The van der Waals surface area contributed by atoms with Gasteiger partial charge in [-0.1, -0.05) is 30.3 Å². The van der Waals surface area contributed by atoms with Crippen molar-refractivity contribution < 1.29 is 4.79 Å². The van der Waals surface area contributed by atoms with Gasteiger partial charge in [-0.05, 0) is 50.0 Å². The number of ketones is 1. The minimum Gasteiger partial charge on any atom is -0.300 e. The van der Waals surface area contributed by atoms with Crippen LogP contribution in [0.2, 0.25) is 0 Å². The number of carbonyl (C=O) groups is 1. The van der Waals surface area contributed by atoms with Crippen LogP contribution in [-0.4, -0.2) is 5.78 Å². The topological polar surface area (TPSA) is 40.9 Å². The normalized spacial score (nSPS) is 24.4. The molecule has 0 aromatic heterocycles. The second-order valence-electron chi connectivity index (χ2n) is 5.66. The summed E-state index contributed by atoms with van der Waals surface area (Å²) in [6, 6.07) is 13.0. The summed E-state index contributed by atoms with van der Waals surface area (Å²) < 4.78 is 0. The van der Waals surface area contributed by atoms with Gasteiger partial charge in [0.05, 0.1) is 12.0 Å². The van der Waals surface area contributed by atoms with E-state index in [9.17, 15) is 10.1 Å². The Hall–Kier alpha value is -1.62. The van der Waals surface area contributed by atoms with Crippen molar-refractivity contribution in [1.82, 2.24) is 0 Å². The molecule has 0 amide bonds. The molecule has 0 spiro atoms. The van der Waals surface area contributed by atoms with Gasteiger partial charge in [-0.15, -0.1) is 0 Å². The van der Waals surface area contributed by atoms with Gasteiger partial charge in [0, 0.05) is 6.42 Å². The average Bonchev–Trinajstić information content (AvgIpc) is 2.46. The Kier molecular flexibility index (Phi) is 4.74. The number of rotatable bonds is 4. The summed E-state index contributed by atoms with van der Waals surface area (Å²) in [6.45, 7) is 1.58. The molecule has 2 heteroatoms. The third kappa shape index (κ3) is 3.67. The van der Waals surface area contributed by atoms with Gasteiger partial charge in [0.2, 0.25) is 0 Å². The SMILES string of the molecule is CC(=O)CC(C#N)C1CCC(c2ccccc2)CC1. The summed E-state index contributed by atoms with van der Waals surface area (Å²) in [4.78, 5) is 11.2. The second-order valence-corrected chi connectivity index (χ2v) is 5.66. The summed E-state index contributed by atoms with van der Waals surface area (Å²) >= 11 is 0. The van der Waals surface area contributed by atoms with Crippen LogP contribution in [0.1, 0.15) is 50.5 Å². The standard InChI is InChI=1S/C17H21NO/c1-13(19)11-17(12-18)16-9-7-15(8-10-16)14-5-3-2-4-6-14/h2-6,15-17H,7-11H2,1H3. The van der Waals surface area contributed by atoms with Crippen LogP contribution < -0.4 is 0 Å². The van der Waals surface area contributed by atoms with Crippen LogP contribution in [-0.2, 0) is 4.79 Å². The molecule has 1 atom stereocenters. The molecular weight excluding hydrogens is 234 g/mol. The maximum Gasteiger partial charge on any atom is 0.131 e. The summed E-state index contributed by atoms with van der Waals surface area (Å²) in [5.41, 5.74) is 1.42. The highest BCUT2D eigenvalue weighted by Gasteiger charge is 2.28. The lowest BCUT2D eigenvalue weighted by molar-refractivity contribution is -0.117. The Balaban J connectivity index is 1.92. The van der Waals surface area contributed by atoms with E-state index < -0.39 is 0 Å². The van der Waals surface area contributed by atoms with Crippen molar-refractivity contribution >= 4 is 5.78 Å². The molecule has 1 aromatic rings. The third-order valence-corrected chi connectivity index (χ3v) is 4.29. The van der Waals surface area contributed by atoms with Crippen LogP contribution >= 0.6 is 0 Å².